The van der Waals surface area contributed by atoms with E-state index in [0.29, 0.717) is 18.0 Å². The fraction of sp³-hybridized carbons (Fsp3) is 0.556. The van der Waals surface area contributed by atoms with Crippen LogP contribution < -0.4 is 15.4 Å². The number of methoxy groups -OCH3 is 1. The minimum absolute atomic E-state index is 0.291. The van der Waals surface area contributed by atoms with Crippen LogP contribution in [-0.2, 0) is 14.3 Å². The second kappa shape index (κ2) is 8.82. The molecule has 0 saturated carbocycles. The minimum Gasteiger partial charge on any atom is -0.497 e. The molecule has 138 valence electrons. The van der Waals surface area contributed by atoms with E-state index in [1.54, 1.807) is 45.2 Å². The molecule has 0 bridgehead atoms. The van der Waals surface area contributed by atoms with E-state index < -0.39 is 5.41 Å². The summed E-state index contributed by atoms with van der Waals surface area (Å²) in [5.74, 6) is -0.00338. The van der Waals surface area contributed by atoms with Crippen LogP contribution in [0.15, 0.2) is 24.3 Å². The van der Waals surface area contributed by atoms with Gasteiger partial charge in [0.05, 0.1) is 20.3 Å². The van der Waals surface area contributed by atoms with Gasteiger partial charge in [-0.05, 0) is 26.0 Å². The molecule has 0 aliphatic carbocycles. The number of amides is 2. The van der Waals surface area contributed by atoms with E-state index in [-0.39, 0.29) is 11.8 Å². The molecule has 2 amide bonds. The molecule has 0 spiro atoms. The Hall–Kier alpha value is -2.12. The fourth-order valence-electron chi connectivity index (χ4n) is 2.46. The summed E-state index contributed by atoms with van der Waals surface area (Å²) in [6, 6.07) is 7.04. The van der Waals surface area contributed by atoms with Crippen LogP contribution >= 0.6 is 0 Å². The summed E-state index contributed by atoms with van der Waals surface area (Å²) >= 11 is 0. The summed E-state index contributed by atoms with van der Waals surface area (Å²) in [5, 5.41) is 5.62. The molecule has 0 atom stereocenters. The zero-order valence-electron chi connectivity index (χ0n) is 15.1. The lowest BCUT2D eigenvalue weighted by atomic mass is 9.91. The van der Waals surface area contributed by atoms with Gasteiger partial charge in [0.15, 0.2) is 0 Å². The third kappa shape index (κ3) is 5.44. The molecule has 0 aromatic heterocycles. The number of anilines is 1. The smallest absolute Gasteiger partial charge is 0.239 e. The highest BCUT2D eigenvalue weighted by molar-refractivity contribution is 6.09. The van der Waals surface area contributed by atoms with Crippen molar-refractivity contribution in [2.45, 2.75) is 13.8 Å². The van der Waals surface area contributed by atoms with E-state index >= 15 is 0 Å². The number of hydrogen-bond donors (Lipinski definition) is 2. The van der Waals surface area contributed by atoms with Gasteiger partial charge in [0.1, 0.15) is 11.2 Å². The first-order valence-corrected chi connectivity index (χ1v) is 8.47. The van der Waals surface area contributed by atoms with Crippen molar-refractivity contribution in [3.8, 4) is 5.75 Å². The summed E-state index contributed by atoms with van der Waals surface area (Å²) in [7, 11) is 1.56. The zero-order valence-corrected chi connectivity index (χ0v) is 15.1. The summed E-state index contributed by atoms with van der Waals surface area (Å²) in [6.45, 7) is 7.69. The first-order chi connectivity index (χ1) is 11.9. The maximum Gasteiger partial charge on any atom is 0.239 e. The van der Waals surface area contributed by atoms with Crippen molar-refractivity contribution in [2.24, 2.45) is 5.41 Å². The molecular weight excluding hydrogens is 322 g/mol. The predicted molar refractivity (Wildman–Crippen MR) is 95.7 cm³/mol. The average molecular weight is 349 g/mol. The van der Waals surface area contributed by atoms with Gasteiger partial charge in [-0.25, -0.2) is 0 Å². The number of morpholine rings is 1. The zero-order chi connectivity index (χ0) is 18.3. The van der Waals surface area contributed by atoms with E-state index in [2.05, 4.69) is 15.5 Å². The molecule has 7 heteroatoms. The number of benzene rings is 1. The molecule has 1 saturated heterocycles. The second-order valence-corrected chi connectivity index (χ2v) is 6.52. The van der Waals surface area contributed by atoms with E-state index in [9.17, 15) is 9.59 Å². The van der Waals surface area contributed by atoms with Crippen molar-refractivity contribution in [3.63, 3.8) is 0 Å². The number of rotatable bonds is 7. The monoisotopic (exact) mass is 349 g/mol. The maximum atomic E-state index is 12.5. The Kier molecular flexibility index (Phi) is 6.78. The highest BCUT2D eigenvalue weighted by atomic mass is 16.5. The summed E-state index contributed by atoms with van der Waals surface area (Å²) in [4.78, 5) is 27.2. The van der Waals surface area contributed by atoms with E-state index in [1.807, 2.05) is 0 Å². The number of ether oxygens (including phenoxy) is 2. The van der Waals surface area contributed by atoms with Crippen molar-refractivity contribution >= 4 is 17.5 Å². The minimum atomic E-state index is -1.17. The third-order valence-corrected chi connectivity index (χ3v) is 4.28. The Labute approximate surface area is 148 Å². The number of nitrogens with zero attached hydrogens (tertiary/aromatic N) is 1. The van der Waals surface area contributed by atoms with Gasteiger partial charge in [-0.3, -0.25) is 14.5 Å². The Bertz CT molecular complexity index is 598. The second-order valence-electron chi connectivity index (χ2n) is 6.52. The van der Waals surface area contributed by atoms with Crippen molar-refractivity contribution in [3.05, 3.63) is 24.3 Å². The van der Waals surface area contributed by atoms with Gasteiger partial charge < -0.3 is 20.1 Å². The molecule has 7 nitrogen and oxygen atoms in total. The van der Waals surface area contributed by atoms with Gasteiger partial charge in [-0.2, -0.15) is 0 Å². The van der Waals surface area contributed by atoms with Crippen LogP contribution in [0.1, 0.15) is 13.8 Å². The number of carbonyl (C=O) groups excluding carboxylic acids is 2. The van der Waals surface area contributed by atoms with Crippen molar-refractivity contribution in [1.29, 1.82) is 0 Å². The predicted octanol–water partition coefficient (Wildman–Crippen LogP) is 1.11. The topological polar surface area (TPSA) is 79.9 Å². The van der Waals surface area contributed by atoms with Crippen LogP contribution in [0.3, 0.4) is 0 Å². The average Bonchev–Trinajstić information content (AvgIpc) is 2.62. The summed E-state index contributed by atoms with van der Waals surface area (Å²) in [5.41, 5.74) is -0.577. The molecule has 2 N–H and O–H groups in total. The molecule has 1 aliphatic rings. The Balaban J connectivity index is 1.84. The highest BCUT2D eigenvalue weighted by Crippen LogP contribution is 2.21. The highest BCUT2D eigenvalue weighted by Gasteiger charge is 2.36. The summed E-state index contributed by atoms with van der Waals surface area (Å²) in [6.07, 6.45) is 0. The molecule has 1 aliphatic heterocycles. The molecule has 0 unspecified atom stereocenters. The quantitative estimate of drug-likeness (QED) is 0.721. The van der Waals surface area contributed by atoms with Gasteiger partial charge in [0.2, 0.25) is 11.8 Å². The van der Waals surface area contributed by atoms with Crippen molar-refractivity contribution in [1.82, 2.24) is 10.2 Å². The Morgan fingerprint density at radius 1 is 1.24 bits per heavy atom. The molecule has 0 radical (unpaired) electrons. The van der Waals surface area contributed by atoms with Crippen LogP contribution in [0.2, 0.25) is 0 Å². The fourth-order valence-corrected chi connectivity index (χ4v) is 2.46. The van der Waals surface area contributed by atoms with Crippen molar-refractivity contribution < 1.29 is 19.1 Å². The normalized spacial score (nSPS) is 15.5. The van der Waals surface area contributed by atoms with Gasteiger partial charge in [0, 0.05) is 37.9 Å². The van der Waals surface area contributed by atoms with Crippen LogP contribution in [0, 0.1) is 5.41 Å². The molecular formula is C18H27N3O4. The largest absolute Gasteiger partial charge is 0.497 e. The van der Waals surface area contributed by atoms with Crippen LogP contribution in [0.4, 0.5) is 5.69 Å². The third-order valence-electron chi connectivity index (χ3n) is 4.28. The Morgan fingerprint density at radius 3 is 2.64 bits per heavy atom. The van der Waals surface area contributed by atoms with Crippen molar-refractivity contribution in [2.75, 3.05) is 51.8 Å². The maximum absolute atomic E-state index is 12.5. The number of carbonyl (C=O) groups is 2. The molecule has 25 heavy (non-hydrogen) atoms. The van der Waals surface area contributed by atoms with Crippen LogP contribution in [0.25, 0.3) is 0 Å². The number of hydrogen-bond acceptors (Lipinski definition) is 5. The molecule has 1 aromatic carbocycles. The molecule has 1 fully saturated rings. The van der Waals surface area contributed by atoms with E-state index in [4.69, 9.17) is 9.47 Å². The Morgan fingerprint density at radius 2 is 1.96 bits per heavy atom. The van der Waals surface area contributed by atoms with E-state index in [0.717, 1.165) is 32.8 Å². The van der Waals surface area contributed by atoms with E-state index in [1.165, 1.54) is 0 Å². The standard InChI is InChI=1S/C18H27N3O4/c1-18(2,16(22)19-7-8-21-9-11-25-12-10-21)17(23)20-14-5-4-6-15(13-14)24-3/h4-6,13H,7-12H2,1-3H3,(H,19,22)(H,20,23). The number of nitrogens with one attached hydrogen (secondary N) is 2. The molecule has 1 heterocycles. The first kappa shape index (κ1) is 19.2. The van der Waals surface area contributed by atoms with Crippen LogP contribution in [0.5, 0.6) is 5.75 Å². The first-order valence-electron chi connectivity index (χ1n) is 8.47. The SMILES string of the molecule is COc1cccc(NC(=O)C(C)(C)C(=O)NCCN2CCOCC2)c1. The lowest BCUT2D eigenvalue weighted by Crippen LogP contribution is -2.48. The van der Waals surface area contributed by atoms with Gasteiger partial charge in [0.25, 0.3) is 0 Å². The lowest BCUT2D eigenvalue weighted by Gasteiger charge is -2.27. The van der Waals surface area contributed by atoms with Gasteiger partial charge in [-0.15, -0.1) is 0 Å². The van der Waals surface area contributed by atoms with Gasteiger partial charge >= 0.3 is 0 Å². The van der Waals surface area contributed by atoms with Gasteiger partial charge in [-0.1, -0.05) is 6.07 Å². The molecule has 1 aromatic rings. The lowest BCUT2D eigenvalue weighted by molar-refractivity contribution is -0.138. The molecule has 2 rings (SSSR count). The summed E-state index contributed by atoms with van der Waals surface area (Å²) < 4.78 is 10.4. The van der Waals surface area contributed by atoms with Crippen LogP contribution in [-0.4, -0.2) is 63.2 Å².